The number of rotatable bonds is 6. The molecule has 0 saturated carbocycles. The van der Waals surface area contributed by atoms with E-state index in [1.165, 1.54) is 77.2 Å². The van der Waals surface area contributed by atoms with Gasteiger partial charge in [-0.1, -0.05) is 230 Å². The number of halogens is 1. The minimum atomic E-state index is -0.337. The molecule has 14 aromatic rings. The Morgan fingerprint density at radius 3 is 1.08 bits per heavy atom. The molecule has 0 aliphatic carbocycles. The molecule has 1 aliphatic heterocycles. The van der Waals surface area contributed by atoms with Gasteiger partial charge in [-0.2, -0.15) is 0 Å². The Bertz CT molecular complexity index is 4860. The number of hydrogen-bond acceptors (Lipinski definition) is 6. The van der Waals surface area contributed by atoms with Crippen LogP contribution in [-0.4, -0.2) is 38.3 Å². The Labute approximate surface area is 508 Å². The molecule has 1 fully saturated rings. The lowest BCUT2D eigenvalue weighted by atomic mass is 9.78. The molecule has 0 N–H and O–H groups in total. The van der Waals surface area contributed by atoms with Gasteiger partial charge in [0.15, 0.2) is 0 Å². The molecule has 4 aromatic heterocycles. The number of aryl methyl sites for hydroxylation is 4. The minimum absolute atomic E-state index is 0.334. The summed E-state index contributed by atoms with van der Waals surface area (Å²) in [5, 5.41) is 10.1. The van der Waals surface area contributed by atoms with E-state index in [1.807, 2.05) is 45.0 Å². The second-order valence-electron chi connectivity index (χ2n) is 23.5. The van der Waals surface area contributed by atoms with Crippen molar-refractivity contribution in [2.75, 3.05) is 0 Å². The Kier molecular flexibility index (Phi) is 14.9. The Morgan fingerprint density at radius 1 is 0.302 bits per heavy atom. The van der Waals surface area contributed by atoms with E-state index in [2.05, 4.69) is 263 Å². The van der Waals surface area contributed by atoms with Gasteiger partial charge in [-0.05, 0) is 162 Å². The van der Waals surface area contributed by atoms with Crippen LogP contribution in [0.1, 0.15) is 50.5 Å². The SMILES string of the molecule is CC1(C)OB(c2ccc(-c3ccc(-c4ccccc4)c4ccccc34)cc2)OC1(C)C.Cc1ccc2ccc3c(-c4ccc(-c5ccc(-c6ccccc6)c6ccccc56)cc4)cc(C)nc3c2n1.Cc1ccc2ccc3c(Cl)cc(C)nc3c2n1. The van der Waals surface area contributed by atoms with E-state index < -0.39 is 0 Å². The summed E-state index contributed by atoms with van der Waals surface area (Å²) in [6.45, 7) is 16.4. The largest absolute Gasteiger partial charge is 0.494 e. The molecule has 15 rings (SSSR count). The fourth-order valence-electron chi connectivity index (χ4n) is 11.9. The lowest BCUT2D eigenvalue weighted by Crippen LogP contribution is -2.41. The van der Waals surface area contributed by atoms with Crippen LogP contribution in [0, 0.1) is 27.7 Å². The van der Waals surface area contributed by atoms with Crippen LogP contribution in [0.15, 0.2) is 243 Å². The van der Waals surface area contributed by atoms with Gasteiger partial charge in [0.05, 0.1) is 38.3 Å². The normalized spacial score (nSPS) is 13.5. The van der Waals surface area contributed by atoms with Gasteiger partial charge in [0.1, 0.15) is 0 Å². The third kappa shape index (κ3) is 10.8. The maximum atomic E-state index is 6.23. The molecule has 86 heavy (non-hydrogen) atoms. The monoisotopic (exact) mass is 1130 g/mol. The van der Waals surface area contributed by atoms with Gasteiger partial charge in [0, 0.05) is 44.3 Å². The molecule has 0 amide bonds. The molecule has 6 nitrogen and oxygen atoms in total. The number of benzene rings is 10. The molecule has 0 unspecified atom stereocenters. The smallest absolute Gasteiger partial charge is 0.399 e. The van der Waals surface area contributed by atoms with Gasteiger partial charge in [-0.25, -0.2) is 0 Å². The standard InChI is InChI=1S/C36H26N2.C28H27BO2.C14H11ClN2/c1-23-12-13-28-18-19-33-34(22-24(2)38-36(33)35(28)37-23)27-16-14-26(15-17-27)30-21-20-29(25-8-4-3-5-9-25)31-10-6-7-11-32(30)31;1-27(2)28(3,4)31-29(30-27)22-16-14-21(15-17-22)24-19-18-23(20-10-6-5-7-11-20)25-12-8-9-13-26(24)25;1-8-3-4-10-5-6-11-12(15)7-9(2)17-14(11)13(10)16-8/h3-22H,1-2H3;5-19H,1-4H3;3-7H,1-2H3. The number of hydrogen-bond donors (Lipinski definition) is 0. The summed E-state index contributed by atoms with van der Waals surface area (Å²) >= 11 is 6.23. The highest BCUT2D eigenvalue weighted by atomic mass is 35.5. The maximum Gasteiger partial charge on any atom is 0.494 e. The molecule has 418 valence electrons. The highest BCUT2D eigenvalue weighted by Gasteiger charge is 2.51. The first-order chi connectivity index (χ1) is 41.7. The molecule has 10 aromatic carbocycles. The van der Waals surface area contributed by atoms with Crippen molar-refractivity contribution < 1.29 is 9.31 Å². The van der Waals surface area contributed by atoms with Crippen LogP contribution >= 0.6 is 11.6 Å². The van der Waals surface area contributed by atoms with Crippen LogP contribution in [-0.2, 0) is 9.31 Å². The van der Waals surface area contributed by atoms with Crippen LogP contribution in [0.2, 0.25) is 5.02 Å². The fraction of sp³-hybridized carbons (Fsp3) is 0.128. The number of nitrogens with zero attached hydrogens (tertiary/aromatic N) is 4. The van der Waals surface area contributed by atoms with Crippen LogP contribution in [0.5, 0.6) is 0 Å². The molecule has 0 atom stereocenters. The second-order valence-corrected chi connectivity index (χ2v) is 23.9. The zero-order valence-electron chi connectivity index (χ0n) is 49.7. The quantitative estimate of drug-likeness (QED) is 0.122. The Balaban J connectivity index is 0.000000128. The Hall–Kier alpha value is -9.37. The summed E-state index contributed by atoms with van der Waals surface area (Å²) in [6, 6.07) is 85.7. The van der Waals surface area contributed by atoms with Crippen LogP contribution in [0.3, 0.4) is 0 Å². The highest BCUT2D eigenvalue weighted by molar-refractivity contribution is 6.62. The Morgan fingerprint density at radius 2 is 0.640 bits per heavy atom. The van der Waals surface area contributed by atoms with Crippen molar-refractivity contribution >= 4 is 89.3 Å². The first-order valence-corrected chi connectivity index (χ1v) is 29.8. The second kappa shape index (κ2) is 22.9. The average Bonchev–Trinajstić information content (AvgIpc) is 1.16. The van der Waals surface area contributed by atoms with E-state index in [0.717, 1.165) is 76.9 Å². The van der Waals surface area contributed by atoms with Crippen LogP contribution in [0.4, 0.5) is 0 Å². The summed E-state index contributed by atoms with van der Waals surface area (Å²) in [5.41, 5.74) is 20.3. The third-order valence-corrected chi connectivity index (χ3v) is 17.3. The van der Waals surface area contributed by atoms with E-state index in [1.54, 1.807) is 0 Å². The molecular weight excluding hydrogens is 1070 g/mol. The van der Waals surface area contributed by atoms with E-state index in [9.17, 15) is 0 Å². The zero-order chi connectivity index (χ0) is 59.3. The van der Waals surface area contributed by atoms with Crippen molar-refractivity contribution in [3.63, 3.8) is 0 Å². The summed E-state index contributed by atoms with van der Waals surface area (Å²) < 4.78 is 12.4. The summed E-state index contributed by atoms with van der Waals surface area (Å²) in [5.74, 6) is 0. The molecular formula is C78H64BClN4O2. The first-order valence-electron chi connectivity index (χ1n) is 29.4. The van der Waals surface area contributed by atoms with Crippen molar-refractivity contribution in [2.45, 2.75) is 66.6 Å². The topological polar surface area (TPSA) is 70.0 Å². The molecule has 0 spiro atoms. The molecule has 0 radical (unpaired) electrons. The highest BCUT2D eigenvalue weighted by Crippen LogP contribution is 2.41. The van der Waals surface area contributed by atoms with Crippen molar-refractivity contribution in [3.05, 3.63) is 270 Å². The van der Waals surface area contributed by atoms with E-state index in [0.29, 0.717) is 0 Å². The van der Waals surface area contributed by atoms with Gasteiger partial charge in [0.25, 0.3) is 0 Å². The van der Waals surface area contributed by atoms with Gasteiger partial charge < -0.3 is 9.31 Å². The van der Waals surface area contributed by atoms with Gasteiger partial charge in [-0.15, -0.1) is 0 Å². The summed E-state index contributed by atoms with van der Waals surface area (Å²) in [6.07, 6.45) is 0. The number of aromatic nitrogens is 4. The number of fused-ring (bicyclic) bond motifs is 8. The van der Waals surface area contributed by atoms with Gasteiger partial charge in [0.2, 0.25) is 0 Å². The predicted molar refractivity (Wildman–Crippen MR) is 362 cm³/mol. The maximum absolute atomic E-state index is 6.23. The molecule has 8 heteroatoms. The fourth-order valence-corrected chi connectivity index (χ4v) is 12.2. The average molecular weight is 1140 g/mol. The molecule has 1 saturated heterocycles. The minimum Gasteiger partial charge on any atom is -0.399 e. The first kappa shape index (κ1) is 55.8. The number of pyridine rings is 4. The van der Waals surface area contributed by atoms with Crippen LogP contribution in [0.25, 0.3) is 121 Å². The van der Waals surface area contributed by atoms with Gasteiger partial charge >= 0.3 is 7.12 Å². The third-order valence-electron chi connectivity index (χ3n) is 17.0. The lowest BCUT2D eigenvalue weighted by Gasteiger charge is -2.32. The lowest BCUT2D eigenvalue weighted by molar-refractivity contribution is 0.00578. The van der Waals surface area contributed by atoms with Gasteiger partial charge in [-0.3, -0.25) is 19.9 Å². The van der Waals surface area contributed by atoms with Crippen LogP contribution < -0.4 is 5.46 Å². The van der Waals surface area contributed by atoms with E-state index >= 15 is 0 Å². The molecule has 5 heterocycles. The van der Waals surface area contributed by atoms with E-state index in [4.69, 9.17) is 30.9 Å². The van der Waals surface area contributed by atoms with E-state index in [-0.39, 0.29) is 18.3 Å². The van der Waals surface area contributed by atoms with Crippen molar-refractivity contribution in [3.8, 4) is 55.6 Å². The zero-order valence-corrected chi connectivity index (χ0v) is 50.4. The summed E-state index contributed by atoms with van der Waals surface area (Å²) in [4.78, 5) is 18.9. The molecule has 0 bridgehead atoms. The van der Waals surface area contributed by atoms with Crippen molar-refractivity contribution in [1.82, 2.24) is 19.9 Å². The molecule has 1 aliphatic rings. The van der Waals surface area contributed by atoms with Crippen molar-refractivity contribution in [1.29, 1.82) is 0 Å². The van der Waals surface area contributed by atoms with Crippen molar-refractivity contribution in [2.24, 2.45) is 0 Å². The predicted octanol–water partition coefficient (Wildman–Crippen LogP) is 20.1. The summed E-state index contributed by atoms with van der Waals surface area (Å²) in [7, 11) is -0.337.